The van der Waals surface area contributed by atoms with E-state index in [4.69, 9.17) is 4.52 Å². The quantitative estimate of drug-likeness (QED) is 0.918. The van der Waals surface area contributed by atoms with E-state index in [0.29, 0.717) is 23.2 Å². The van der Waals surface area contributed by atoms with Gasteiger partial charge in [-0.3, -0.25) is 4.79 Å². The third-order valence-electron chi connectivity index (χ3n) is 3.14. The first kappa shape index (κ1) is 15.2. The Kier molecular flexibility index (Phi) is 4.73. The fourth-order valence-corrected chi connectivity index (χ4v) is 2.03. The molecule has 0 atom stereocenters. The lowest BCUT2D eigenvalue weighted by molar-refractivity contribution is 0.0949. The molecule has 5 heteroatoms. The Balaban J connectivity index is 1.97. The summed E-state index contributed by atoms with van der Waals surface area (Å²) in [5.41, 5.74) is 2.69. The summed E-state index contributed by atoms with van der Waals surface area (Å²) in [5.74, 6) is 1.46. The summed E-state index contributed by atoms with van der Waals surface area (Å²) >= 11 is 0. The van der Waals surface area contributed by atoms with Crippen molar-refractivity contribution in [3.05, 3.63) is 46.6 Å². The average molecular weight is 287 g/mol. The number of nitrogens with one attached hydrogen (secondary N) is 1. The molecular weight excluding hydrogens is 266 g/mol. The third kappa shape index (κ3) is 4.15. The smallest absolute Gasteiger partial charge is 0.251 e. The summed E-state index contributed by atoms with van der Waals surface area (Å²) in [6.45, 7) is 8.34. The van der Waals surface area contributed by atoms with E-state index in [2.05, 4.69) is 29.3 Å². The number of hydrogen-bond donors (Lipinski definition) is 1. The van der Waals surface area contributed by atoms with E-state index in [1.165, 1.54) is 0 Å². The molecule has 21 heavy (non-hydrogen) atoms. The van der Waals surface area contributed by atoms with Crippen molar-refractivity contribution in [2.45, 2.75) is 40.7 Å². The first-order valence-corrected chi connectivity index (χ1v) is 7.12. The molecular formula is C16H21N3O2. The number of aromatic nitrogens is 2. The minimum absolute atomic E-state index is 0.119. The van der Waals surface area contributed by atoms with Crippen LogP contribution in [0.4, 0.5) is 0 Å². The van der Waals surface area contributed by atoms with Gasteiger partial charge in [0.15, 0.2) is 5.82 Å². The fraction of sp³-hybridized carbons (Fsp3) is 0.438. The number of carbonyl (C=O) groups excluding carboxylic acids is 1. The number of carbonyl (C=O) groups is 1. The zero-order valence-corrected chi connectivity index (χ0v) is 12.9. The van der Waals surface area contributed by atoms with Crippen LogP contribution in [0.15, 0.2) is 22.7 Å². The van der Waals surface area contributed by atoms with Crippen molar-refractivity contribution in [2.24, 2.45) is 5.92 Å². The SMILES string of the molecule is Cc1ccc(C)c(C(=O)NCc2noc(CC(C)C)n2)c1. The van der Waals surface area contributed by atoms with Crippen LogP contribution in [0.1, 0.15) is 47.0 Å². The van der Waals surface area contributed by atoms with Crippen LogP contribution in [0.3, 0.4) is 0 Å². The maximum atomic E-state index is 12.2. The van der Waals surface area contributed by atoms with E-state index >= 15 is 0 Å². The molecule has 0 radical (unpaired) electrons. The molecule has 0 aliphatic carbocycles. The van der Waals surface area contributed by atoms with E-state index in [9.17, 15) is 4.79 Å². The van der Waals surface area contributed by atoms with Crippen LogP contribution in [0.2, 0.25) is 0 Å². The van der Waals surface area contributed by atoms with Gasteiger partial charge in [0, 0.05) is 12.0 Å². The van der Waals surface area contributed by atoms with Gasteiger partial charge in [-0.1, -0.05) is 36.7 Å². The lowest BCUT2D eigenvalue weighted by atomic mass is 10.1. The number of amides is 1. The van der Waals surface area contributed by atoms with Crippen molar-refractivity contribution in [2.75, 3.05) is 0 Å². The molecule has 1 heterocycles. The summed E-state index contributed by atoms with van der Waals surface area (Å²) in [5, 5.41) is 6.70. The Morgan fingerprint density at radius 3 is 2.81 bits per heavy atom. The highest BCUT2D eigenvalue weighted by molar-refractivity contribution is 5.95. The van der Waals surface area contributed by atoms with Gasteiger partial charge >= 0.3 is 0 Å². The molecule has 2 aromatic rings. The molecule has 0 fully saturated rings. The van der Waals surface area contributed by atoms with Crippen LogP contribution in [0.25, 0.3) is 0 Å². The second-order valence-corrected chi connectivity index (χ2v) is 5.70. The summed E-state index contributed by atoms with van der Waals surface area (Å²) < 4.78 is 5.14. The number of benzene rings is 1. The number of hydrogen-bond acceptors (Lipinski definition) is 4. The zero-order valence-electron chi connectivity index (χ0n) is 12.9. The van der Waals surface area contributed by atoms with Crippen LogP contribution < -0.4 is 5.32 Å². The van der Waals surface area contributed by atoms with Crippen molar-refractivity contribution in [1.29, 1.82) is 0 Å². The van der Waals surface area contributed by atoms with Crippen LogP contribution in [-0.2, 0) is 13.0 Å². The Hall–Kier alpha value is -2.17. The van der Waals surface area contributed by atoms with Gasteiger partial charge in [0.1, 0.15) is 0 Å². The molecule has 0 spiro atoms. The van der Waals surface area contributed by atoms with E-state index in [0.717, 1.165) is 17.5 Å². The lowest BCUT2D eigenvalue weighted by Gasteiger charge is -2.06. The predicted octanol–water partition coefficient (Wildman–Crippen LogP) is 2.81. The lowest BCUT2D eigenvalue weighted by Crippen LogP contribution is -2.24. The molecule has 1 amide bonds. The molecule has 0 unspecified atom stereocenters. The Bertz CT molecular complexity index is 632. The molecule has 0 bridgehead atoms. The van der Waals surface area contributed by atoms with E-state index in [-0.39, 0.29) is 12.5 Å². The van der Waals surface area contributed by atoms with Crippen LogP contribution in [-0.4, -0.2) is 16.0 Å². The van der Waals surface area contributed by atoms with E-state index in [1.807, 2.05) is 32.0 Å². The second kappa shape index (κ2) is 6.52. The highest BCUT2D eigenvalue weighted by Crippen LogP contribution is 2.11. The number of aryl methyl sites for hydroxylation is 2. The summed E-state index contributed by atoms with van der Waals surface area (Å²) in [7, 11) is 0. The third-order valence-corrected chi connectivity index (χ3v) is 3.14. The molecule has 112 valence electrons. The van der Waals surface area contributed by atoms with Crippen LogP contribution in [0, 0.1) is 19.8 Å². The van der Waals surface area contributed by atoms with Gasteiger partial charge in [0.05, 0.1) is 6.54 Å². The zero-order chi connectivity index (χ0) is 15.4. The Morgan fingerprint density at radius 2 is 2.10 bits per heavy atom. The predicted molar refractivity (Wildman–Crippen MR) is 79.9 cm³/mol. The van der Waals surface area contributed by atoms with Crippen molar-refractivity contribution in [3.63, 3.8) is 0 Å². The fourth-order valence-electron chi connectivity index (χ4n) is 2.03. The maximum absolute atomic E-state index is 12.2. The minimum atomic E-state index is -0.119. The molecule has 0 saturated heterocycles. The molecule has 5 nitrogen and oxygen atoms in total. The highest BCUT2D eigenvalue weighted by Gasteiger charge is 2.12. The second-order valence-electron chi connectivity index (χ2n) is 5.70. The van der Waals surface area contributed by atoms with E-state index < -0.39 is 0 Å². The molecule has 2 rings (SSSR count). The molecule has 1 N–H and O–H groups in total. The van der Waals surface area contributed by atoms with Gasteiger partial charge in [-0.15, -0.1) is 0 Å². The van der Waals surface area contributed by atoms with Gasteiger partial charge in [0.2, 0.25) is 5.89 Å². The number of nitrogens with zero attached hydrogens (tertiary/aromatic N) is 2. The molecule has 0 aliphatic rings. The Morgan fingerprint density at radius 1 is 1.33 bits per heavy atom. The van der Waals surface area contributed by atoms with Gasteiger partial charge in [-0.25, -0.2) is 0 Å². The normalized spacial score (nSPS) is 10.9. The number of rotatable bonds is 5. The summed E-state index contributed by atoms with van der Waals surface area (Å²) in [6.07, 6.45) is 0.748. The molecule has 0 aliphatic heterocycles. The first-order valence-electron chi connectivity index (χ1n) is 7.12. The van der Waals surface area contributed by atoms with Gasteiger partial charge in [0.25, 0.3) is 5.91 Å². The minimum Gasteiger partial charge on any atom is -0.345 e. The van der Waals surface area contributed by atoms with Crippen LogP contribution in [0.5, 0.6) is 0 Å². The Labute approximate surface area is 124 Å². The van der Waals surface area contributed by atoms with Crippen molar-refractivity contribution >= 4 is 5.91 Å². The maximum Gasteiger partial charge on any atom is 0.251 e. The summed E-state index contributed by atoms with van der Waals surface area (Å²) in [4.78, 5) is 16.4. The van der Waals surface area contributed by atoms with Crippen molar-refractivity contribution < 1.29 is 9.32 Å². The first-order chi connectivity index (χ1) is 9.95. The molecule has 1 aromatic heterocycles. The van der Waals surface area contributed by atoms with Gasteiger partial charge in [-0.2, -0.15) is 4.98 Å². The van der Waals surface area contributed by atoms with Crippen molar-refractivity contribution in [1.82, 2.24) is 15.5 Å². The van der Waals surface area contributed by atoms with Crippen molar-refractivity contribution in [3.8, 4) is 0 Å². The highest BCUT2D eigenvalue weighted by atomic mass is 16.5. The average Bonchev–Trinajstić information content (AvgIpc) is 2.85. The van der Waals surface area contributed by atoms with Gasteiger partial charge in [-0.05, 0) is 31.4 Å². The van der Waals surface area contributed by atoms with E-state index in [1.54, 1.807) is 0 Å². The topological polar surface area (TPSA) is 68.0 Å². The largest absolute Gasteiger partial charge is 0.345 e. The molecule has 1 aromatic carbocycles. The van der Waals surface area contributed by atoms with Gasteiger partial charge < -0.3 is 9.84 Å². The van der Waals surface area contributed by atoms with Crippen LogP contribution >= 0.6 is 0 Å². The standard InChI is InChI=1S/C16H21N3O2/c1-10(2)7-15-18-14(19-21-15)9-17-16(20)13-8-11(3)5-6-12(13)4/h5-6,8,10H,7,9H2,1-4H3,(H,17,20). The molecule has 0 saturated carbocycles. The monoisotopic (exact) mass is 287 g/mol. The summed E-state index contributed by atoms with van der Waals surface area (Å²) in [6, 6.07) is 5.81.